The monoisotopic (exact) mass is 577 g/mol. The van der Waals surface area contributed by atoms with Crippen LogP contribution in [0, 0.1) is 0 Å². The van der Waals surface area contributed by atoms with Gasteiger partial charge in [-0.15, -0.1) is 22.7 Å². The first-order valence-electron chi connectivity index (χ1n) is 12.4. The van der Waals surface area contributed by atoms with Crippen molar-refractivity contribution >= 4 is 44.7 Å². The number of thiophene rings is 2. The normalized spacial score (nSPS) is 12.6. The number of nitrogens with zero attached hydrogens (tertiary/aromatic N) is 1. The molecular formula is C27H35N3O5S3. The van der Waals surface area contributed by atoms with Crippen LogP contribution in [0.3, 0.4) is 0 Å². The van der Waals surface area contributed by atoms with Gasteiger partial charge in [0.25, 0.3) is 5.91 Å². The van der Waals surface area contributed by atoms with Crippen LogP contribution in [0.15, 0.2) is 70.3 Å². The molecule has 11 heteroatoms. The lowest BCUT2D eigenvalue weighted by molar-refractivity contribution is -0.142. The van der Waals surface area contributed by atoms with Gasteiger partial charge in [0.05, 0.1) is 18.0 Å². The summed E-state index contributed by atoms with van der Waals surface area (Å²) in [6, 6.07) is 16.0. The van der Waals surface area contributed by atoms with Gasteiger partial charge < -0.3 is 15.0 Å². The van der Waals surface area contributed by atoms with E-state index in [4.69, 9.17) is 4.74 Å². The van der Waals surface area contributed by atoms with E-state index in [1.54, 1.807) is 45.8 Å². The van der Waals surface area contributed by atoms with Gasteiger partial charge in [-0.3, -0.25) is 4.79 Å². The van der Waals surface area contributed by atoms with Gasteiger partial charge in [0, 0.05) is 21.8 Å². The van der Waals surface area contributed by atoms with Gasteiger partial charge in [-0.2, -0.15) is 0 Å². The predicted molar refractivity (Wildman–Crippen MR) is 152 cm³/mol. The lowest BCUT2D eigenvalue weighted by Gasteiger charge is -2.28. The average Bonchev–Trinajstić information content (AvgIpc) is 3.56. The highest BCUT2D eigenvalue weighted by molar-refractivity contribution is 7.89. The molecule has 2 N–H and O–H groups in total. The van der Waals surface area contributed by atoms with Crippen molar-refractivity contribution in [1.29, 1.82) is 0 Å². The Kier molecular flexibility index (Phi) is 10.9. The Morgan fingerprint density at radius 2 is 1.53 bits per heavy atom. The molecular weight excluding hydrogens is 543 g/mol. The number of nitrogens with one attached hydrogen (secondary N) is 2. The molecule has 0 spiro atoms. The molecule has 0 saturated carbocycles. The molecule has 8 nitrogen and oxygen atoms in total. The van der Waals surface area contributed by atoms with Crippen molar-refractivity contribution in [3.8, 4) is 0 Å². The molecule has 1 aromatic carbocycles. The van der Waals surface area contributed by atoms with Crippen LogP contribution in [0.4, 0.5) is 4.79 Å². The molecule has 0 aliphatic rings. The highest BCUT2D eigenvalue weighted by Crippen LogP contribution is 2.20. The van der Waals surface area contributed by atoms with Gasteiger partial charge in [0.2, 0.25) is 10.0 Å². The molecule has 1 atom stereocenters. The number of amides is 2. The van der Waals surface area contributed by atoms with Gasteiger partial charge in [-0.05, 0) is 75.1 Å². The fourth-order valence-electron chi connectivity index (χ4n) is 3.64. The second-order valence-electron chi connectivity index (χ2n) is 9.83. The largest absolute Gasteiger partial charge is 0.436 e. The summed E-state index contributed by atoms with van der Waals surface area (Å²) in [7, 11) is -3.61. The third-order valence-electron chi connectivity index (χ3n) is 5.41. The van der Waals surface area contributed by atoms with E-state index in [9.17, 15) is 18.0 Å². The average molecular weight is 578 g/mol. The Bertz CT molecular complexity index is 1200. The van der Waals surface area contributed by atoms with Crippen molar-refractivity contribution < 1.29 is 22.7 Å². The molecule has 0 unspecified atom stereocenters. The summed E-state index contributed by atoms with van der Waals surface area (Å²) >= 11 is 3.13. The molecule has 2 amide bonds. The molecule has 0 aliphatic heterocycles. The Morgan fingerprint density at radius 1 is 0.921 bits per heavy atom. The number of hydrogen-bond donors (Lipinski definition) is 2. The molecule has 0 aliphatic carbocycles. The Hall–Kier alpha value is -2.73. The van der Waals surface area contributed by atoms with Gasteiger partial charge in [0.1, 0.15) is 0 Å². The predicted octanol–water partition coefficient (Wildman–Crippen LogP) is 5.38. The first kappa shape index (κ1) is 29.8. The highest BCUT2D eigenvalue weighted by atomic mass is 32.2. The maximum absolute atomic E-state index is 13.7. The molecule has 0 radical (unpaired) electrons. The fraction of sp³-hybridized carbons (Fsp3) is 0.407. The van der Waals surface area contributed by atoms with Crippen molar-refractivity contribution in [2.75, 3.05) is 6.54 Å². The van der Waals surface area contributed by atoms with Crippen LogP contribution in [0.2, 0.25) is 0 Å². The first-order valence-corrected chi connectivity index (χ1v) is 15.6. The lowest BCUT2D eigenvalue weighted by atomic mass is 10.1. The zero-order valence-corrected chi connectivity index (χ0v) is 24.3. The summed E-state index contributed by atoms with van der Waals surface area (Å²) in [4.78, 5) is 30.3. The molecule has 0 fully saturated rings. The third kappa shape index (κ3) is 9.86. The second-order valence-corrected chi connectivity index (χ2v) is 13.7. The number of carbonyl (C=O) groups is 2. The second kappa shape index (κ2) is 13.9. The third-order valence-corrected chi connectivity index (χ3v) is 8.60. The van der Waals surface area contributed by atoms with E-state index in [2.05, 4.69) is 10.0 Å². The van der Waals surface area contributed by atoms with Crippen molar-refractivity contribution in [2.24, 2.45) is 0 Å². The maximum Gasteiger partial charge on any atom is 0.408 e. The lowest BCUT2D eigenvalue weighted by Crippen LogP contribution is -2.46. The summed E-state index contributed by atoms with van der Waals surface area (Å²) < 4.78 is 33.2. The minimum atomic E-state index is -3.61. The quantitative estimate of drug-likeness (QED) is 0.266. The molecule has 3 aromatic rings. The summed E-state index contributed by atoms with van der Waals surface area (Å²) in [5.41, 5.74) is -0.520. The summed E-state index contributed by atoms with van der Waals surface area (Å²) in [6.45, 7) is 6.54. The van der Waals surface area contributed by atoms with Crippen LogP contribution in [0.1, 0.15) is 49.8 Å². The topological polar surface area (TPSA) is 105 Å². The number of rotatable bonds is 13. The van der Waals surface area contributed by atoms with Crippen molar-refractivity contribution in [2.45, 2.75) is 69.7 Å². The Balaban J connectivity index is 1.66. The van der Waals surface area contributed by atoms with Crippen LogP contribution in [-0.4, -0.2) is 43.5 Å². The van der Waals surface area contributed by atoms with Crippen molar-refractivity contribution in [3.05, 3.63) is 75.1 Å². The number of sulfonamides is 1. The minimum absolute atomic E-state index is 0.202. The van der Waals surface area contributed by atoms with E-state index in [1.165, 1.54) is 12.1 Å². The molecule has 206 valence electrons. The van der Waals surface area contributed by atoms with Crippen LogP contribution >= 0.6 is 22.7 Å². The van der Waals surface area contributed by atoms with E-state index in [1.807, 2.05) is 55.8 Å². The van der Waals surface area contributed by atoms with Gasteiger partial charge in [-0.1, -0.05) is 30.3 Å². The Labute approximate surface area is 233 Å². The van der Waals surface area contributed by atoms with Crippen LogP contribution in [-0.2, 0) is 32.6 Å². The number of benzene rings is 1. The summed E-state index contributed by atoms with van der Waals surface area (Å²) in [5.74, 6) is -0.277. The van der Waals surface area contributed by atoms with Crippen LogP contribution in [0.5, 0.6) is 0 Å². The number of alkyl carbamates (subject to hydrolysis) is 1. The van der Waals surface area contributed by atoms with Crippen LogP contribution in [0.25, 0.3) is 0 Å². The smallest absolute Gasteiger partial charge is 0.408 e. The standard InChI is InChI=1S/C27H35N3O5S3/c1-27(2,3)29-26(32)35-24(15-7-8-16-28-38(33,34)23-13-5-4-6-14-23)25(31)30(19-21-11-9-17-36-21)20-22-12-10-18-37-22/h4-6,9-14,17-18,24,28H,7-8,15-16,19-20H2,1-3H3,(H,29,32)/t24-/m0/s1. The van der Waals surface area contributed by atoms with E-state index in [0.717, 1.165) is 9.75 Å². The molecule has 2 aromatic heterocycles. The van der Waals surface area contributed by atoms with E-state index in [0.29, 0.717) is 25.9 Å². The van der Waals surface area contributed by atoms with Crippen molar-refractivity contribution in [3.63, 3.8) is 0 Å². The molecule has 2 heterocycles. The zero-order chi connectivity index (χ0) is 27.6. The van der Waals surface area contributed by atoms with E-state index in [-0.39, 0.29) is 23.8 Å². The maximum atomic E-state index is 13.7. The van der Waals surface area contributed by atoms with E-state index >= 15 is 0 Å². The van der Waals surface area contributed by atoms with Gasteiger partial charge in [0.15, 0.2) is 6.10 Å². The summed E-state index contributed by atoms with van der Waals surface area (Å²) in [5, 5.41) is 6.68. The van der Waals surface area contributed by atoms with E-state index < -0.39 is 27.8 Å². The van der Waals surface area contributed by atoms with Gasteiger partial charge in [-0.25, -0.2) is 17.9 Å². The fourth-order valence-corrected chi connectivity index (χ4v) is 6.17. The summed E-state index contributed by atoms with van der Waals surface area (Å²) in [6.07, 6.45) is -0.413. The van der Waals surface area contributed by atoms with Gasteiger partial charge >= 0.3 is 6.09 Å². The van der Waals surface area contributed by atoms with Crippen LogP contribution < -0.4 is 10.0 Å². The number of hydrogen-bond acceptors (Lipinski definition) is 7. The molecule has 0 saturated heterocycles. The zero-order valence-electron chi connectivity index (χ0n) is 21.9. The molecule has 3 rings (SSSR count). The minimum Gasteiger partial charge on any atom is -0.436 e. The number of carbonyl (C=O) groups excluding carboxylic acids is 2. The number of ether oxygens (including phenoxy) is 1. The van der Waals surface area contributed by atoms with Crippen molar-refractivity contribution in [1.82, 2.24) is 14.9 Å². The Morgan fingerprint density at radius 3 is 2.05 bits per heavy atom. The first-order chi connectivity index (χ1) is 18.0. The molecule has 0 bridgehead atoms. The molecule has 38 heavy (non-hydrogen) atoms. The highest BCUT2D eigenvalue weighted by Gasteiger charge is 2.29. The number of unbranched alkanes of at least 4 members (excludes halogenated alkanes) is 1. The SMILES string of the molecule is CC(C)(C)NC(=O)O[C@@H](CCCCNS(=O)(=O)c1ccccc1)C(=O)N(Cc1cccs1)Cc1cccs1.